The van der Waals surface area contributed by atoms with E-state index in [1.807, 2.05) is 18.2 Å². The number of benzene rings is 1. The molecule has 124 valence electrons. The highest BCUT2D eigenvalue weighted by molar-refractivity contribution is 5.96. The van der Waals surface area contributed by atoms with Gasteiger partial charge in [0.1, 0.15) is 11.4 Å². The van der Waals surface area contributed by atoms with Crippen LogP contribution >= 0.6 is 0 Å². The van der Waals surface area contributed by atoms with E-state index < -0.39 is 0 Å². The van der Waals surface area contributed by atoms with Gasteiger partial charge < -0.3 is 15.0 Å². The van der Waals surface area contributed by atoms with Gasteiger partial charge in [-0.05, 0) is 58.7 Å². The van der Waals surface area contributed by atoms with Crippen LogP contribution in [0.25, 0.3) is 0 Å². The van der Waals surface area contributed by atoms with Gasteiger partial charge in [0, 0.05) is 35.7 Å². The van der Waals surface area contributed by atoms with E-state index >= 15 is 0 Å². The molecule has 0 spiro atoms. The molecule has 2 atom stereocenters. The second-order valence-electron chi connectivity index (χ2n) is 8.01. The third kappa shape index (κ3) is 2.63. The Hall–Kier alpha value is -1.55. The molecule has 4 heteroatoms. The molecule has 3 aliphatic rings. The van der Waals surface area contributed by atoms with Crippen LogP contribution in [0.4, 0.5) is 0 Å². The standard InChI is InChI=1S/C19H26N2O2/c1-19(2)11-16-15(5-4-6-17(16)23-19)18(22)20-12-9-13-7-8-14(10-12)21(13)3/h4-6,12-14H,7-11H2,1-3H3,(H,20,22). The van der Waals surface area contributed by atoms with Crippen LogP contribution in [0.3, 0.4) is 0 Å². The molecule has 0 aromatic heterocycles. The molecule has 4 nitrogen and oxygen atoms in total. The van der Waals surface area contributed by atoms with Crippen LogP contribution in [0.5, 0.6) is 5.75 Å². The molecule has 23 heavy (non-hydrogen) atoms. The van der Waals surface area contributed by atoms with E-state index in [9.17, 15) is 4.79 Å². The second kappa shape index (κ2) is 5.23. The number of rotatable bonds is 2. The van der Waals surface area contributed by atoms with E-state index in [0.29, 0.717) is 18.1 Å². The number of hydrogen-bond acceptors (Lipinski definition) is 3. The first-order valence-electron chi connectivity index (χ1n) is 8.77. The Balaban J connectivity index is 1.50. The Labute approximate surface area is 138 Å². The molecule has 2 fully saturated rings. The van der Waals surface area contributed by atoms with Crippen molar-refractivity contribution in [1.82, 2.24) is 10.2 Å². The van der Waals surface area contributed by atoms with Gasteiger partial charge in [0.15, 0.2) is 0 Å². The summed E-state index contributed by atoms with van der Waals surface area (Å²) in [5.74, 6) is 0.934. The molecular weight excluding hydrogens is 288 g/mol. The lowest BCUT2D eigenvalue weighted by atomic mass is 9.95. The van der Waals surface area contributed by atoms with Gasteiger partial charge >= 0.3 is 0 Å². The minimum atomic E-state index is -0.217. The summed E-state index contributed by atoms with van der Waals surface area (Å²) in [6, 6.07) is 7.42. The quantitative estimate of drug-likeness (QED) is 0.912. The Bertz CT molecular complexity index is 626. The maximum absolute atomic E-state index is 12.8. The van der Waals surface area contributed by atoms with Crippen molar-refractivity contribution in [2.75, 3.05) is 7.05 Å². The van der Waals surface area contributed by atoms with Crippen LogP contribution in [0.2, 0.25) is 0 Å². The Morgan fingerprint density at radius 2 is 1.96 bits per heavy atom. The van der Waals surface area contributed by atoms with E-state index in [2.05, 4.69) is 31.1 Å². The molecule has 1 N–H and O–H groups in total. The third-order valence-corrected chi connectivity index (χ3v) is 5.80. The molecule has 2 saturated heterocycles. The second-order valence-corrected chi connectivity index (χ2v) is 8.01. The first-order valence-corrected chi connectivity index (χ1v) is 8.77. The van der Waals surface area contributed by atoms with Crippen molar-refractivity contribution in [2.24, 2.45) is 0 Å². The summed E-state index contributed by atoms with van der Waals surface area (Å²) in [5, 5.41) is 3.29. The van der Waals surface area contributed by atoms with Crippen LogP contribution in [0, 0.1) is 0 Å². The van der Waals surface area contributed by atoms with Gasteiger partial charge in [0.2, 0.25) is 0 Å². The topological polar surface area (TPSA) is 41.6 Å². The largest absolute Gasteiger partial charge is 0.487 e. The fourth-order valence-corrected chi connectivity index (χ4v) is 4.61. The molecule has 0 saturated carbocycles. The number of amides is 1. The third-order valence-electron chi connectivity index (χ3n) is 5.80. The lowest BCUT2D eigenvalue weighted by Crippen LogP contribution is -2.48. The van der Waals surface area contributed by atoms with Gasteiger partial charge in [-0.1, -0.05) is 6.07 Å². The fourth-order valence-electron chi connectivity index (χ4n) is 4.61. The Morgan fingerprint density at radius 1 is 1.26 bits per heavy atom. The Kier molecular flexibility index (Phi) is 3.41. The van der Waals surface area contributed by atoms with Crippen molar-refractivity contribution in [2.45, 2.75) is 69.7 Å². The maximum Gasteiger partial charge on any atom is 0.251 e. The normalized spacial score (nSPS) is 31.5. The number of hydrogen-bond donors (Lipinski definition) is 1. The first-order chi connectivity index (χ1) is 10.9. The van der Waals surface area contributed by atoms with E-state index in [0.717, 1.165) is 36.1 Å². The van der Waals surface area contributed by atoms with Gasteiger partial charge in [-0.3, -0.25) is 4.79 Å². The first kappa shape index (κ1) is 15.0. The average molecular weight is 314 g/mol. The van der Waals surface area contributed by atoms with E-state index in [-0.39, 0.29) is 11.5 Å². The van der Waals surface area contributed by atoms with Crippen LogP contribution < -0.4 is 10.1 Å². The van der Waals surface area contributed by atoms with Crippen LogP contribution in [-0.4, -0.2) is 41.6 Å². The van der Waals surface area contributed by atoms with Gasteiger partial charge in [0.25, 0.3) is 5.91 Å². The molecule has 0 radical (unpaired) electrons. The summed E-state index contributed by atoms with van der Waals surface area (Å²) < 4.78 is 5.95. The smallest absolute Gasteiger partial charge is 0.251 e. The molecule has 2 bridgehead atoms. The number of piperidine rings is 1. The van der Waals surface area contributed by atoms with Crippen molar-refractivity contribution in [3.05, 3.63) is 29.3 Å². The Morgan fingerprint density at radius 3 is 2.65 bits per heavy atom. The highest BCUT2D eigenvalue weighted by Crippen LogP contribution is 2.37. The summed E-state index contributed by atoms with van der Waals surface area (Å²) in [4.78, 5) is 15.3. The molecular formula is C19H26N2O2. The van der Waals surface area contributed by atoms with Crippen molar-refractivity contribution < 1.29 is 9.53 Å². The molecule has 1 aromatic rings. The van der Waals surface area contributed by atoms with Crippen LogP contribution in [-0.2, 0) is 6.42 Å². The van der Waals surface area contributed by atoms with Crippen molar-refractivity contribution in [1.29, 1.82) is 0 Å². The van der Waals surface area contributed by atoms with Gasteiger partial charge in [-0.15, -0.1) is 0 Å². The highest BCUT2D eigenvalue weighted by Gasteiger charge is 2.39. The SMILES string of the molecule is CN1C2CCC1CC(NC(=O)c1cccc3c1CC(C)(C)O3)C2. The number of carbonyl (C=O) groups excluding carboxylic acids is 1. The lowest BCUT2D eigenvalue weighted by molar-refractivity contribution is 0.0881. The van der Waals surface area contributed by atoms with E-state index in [1.54, 1.807) is 0 Å². The lowest BCUT2D eigenvalue weighted by Gasteiger charge is -2.36. The summed E-state index contributed by atoms with van der Waals surface area (Å²) in [6.45, 7) is 4.15. The predicted molar refractivity (Wildman–Crippen MR) is 89.9 cm³/mol. The predicted octanol–water partition coefficient (Wildman–Crippen LogP) is 2.76. The van der Waals surface area contributed by atoms with Crippen LogP contribution in [0.15, 0.2) is 18.2 Å². The summed E-state index contributed by atoms with van der Waals surface area (Å²) >= 11 is 0. The molecule has 1 aromatic carbocycles. The highest BCUT2D eigenvalue weighted by atomic mass is 16.5. The number of ether oxygens (including phenoxy) is 1. The number of carbonyl (C=O) groups is 1. The summed E-state index contributed by atoms with van der Waals surface area (Å²) in [5.41, 5.74) is 1.64. The summed E-state index contributed by atoms with van der Waals surface area (Å²) in [6.07, 6.45) is 5.50. The molecule has 3 heterocycles. The summed E-state index contributed by atoms with van der Waals surface area (Å²) in [7, 11) is 2.23. The van der Waals surface area contributed by atoms with Gasteiger partial charge in [0.05, 0.1) is 0 Å². The molecule has 4 rings (SSSR count). The number of nitrogens with one attached hydrogen (secondary N) is 1. The van der Waals surface area contributed by atoms with Crippen molar-refractivity contribution >= 4 is 5.91 Å². The zero-order valence-corrected chi connectivity index (χ0v) is 14.3. The fraction of sp³-hybridized carbons (Fsp3) is 0.632. The van der Waals surface area contributed by atoms with Crippen LogP contribution in [0.1, 0.15) is 55.5 Å². The molecule has 2 unspecified atom stereocenters. The van der Waals surface area contributed by atoms with E-state index in [4.69, 9.17) is 4.74 Å². The molecule has 3 aliphatic heterocycles. The zero-order valence-electron chi connectivity index (χ0n) is 14.3. The van der Waals surface area contributed by atoms with Crippen molar-refractivity contribution in [3.8, 4) is 5.75 Å². The monoisotopic (exact) mass is 314 g/mol. The van der Waals surface area contributed by atoms with Gasteiger partial charge in [-0.2, -0.15) is 0 Å². The van der Waals surface area contributed by atoms with Gasteiger partial charge in [-0.25, -0.2) is 0 Å². The number of nitrogens with zero attached hydrogens (tertiary/aromatic N) is 1. The zero-order chi connectivity index (χ0) is 16.2. The minimum absolute atomic E-state index is 0.0668. The molecule has 0 aliphatic carbocycles. The molecule has 1 amide bonds. The minimum Gasteiger partial charge on any atom is -0.487 e. The van der Waals surface area contributed by atoms with E-state index in [1.165, 1.54) is 12.8 Å². The average Bonchev–Trinajstić information content (AvgIpc) is 2.88. The maximum atomic E-state index is 12.8. The van der Waals surface area contributed by atoms with Crippen molar-refractivity contribution in [3.63, 3.8) is 0 Å². The number of fused-ring (bicyclic) bond motifs is 3.